The number of carbonyl (C=O) groups is 1. The number of rotatable bonds is 2. The fourth-order valence-electron chi connectivity index (χ4n) is 5.73. The first-order valence-electron chi connectivity index (χ1n) is 10.7. The van der Waals surface area contributed by atoms with Gasteiger partial charge in [-0.3, -0.25) is 9.36 Å². The van der Waals surface area contributed by atoms with Gasteiger partial charge in [0.05, 0.1) is 5.69 Å². The van der Waals surface area contributed by atoms with Crippen LogP contribution in [0.15, 0.2) is 60.7 Å². The van der Waals surface area contributed by atoms with Crippen molar-refractivity contribution in [3.63, 3.8) is 0 Å². The Hall–Kier alpha value is -3.19. The summed E-state index contributed by atoms with van der Waals surface area (Å²) in [7, 11) is 0. The summed E-state index contributed by atoms with van der Waals surface area (Å²) in [6.45, 7) is 11.8. The summed E-state index contributed by atoms with van der Waals surface area (Å²) in [5.41, 5.74) is 4.23. The maximum Gasteiger partial charge on any atom is 0.282 e. The summed E-state index contributed by atoms with van der Waals surface area (Å²) in [6.07, 6.45) is 2.41. The highest BCUT2D eigenvalue weighted by Crippen LogP contribution is 2.52. The number of hydrogen-bond acceptors (Lipinski definition) is 2. The smallest absolute Gasteiger partial charge is 0.282 e. The Balaban J connectivity index is 1.75. The van der Waals surface area contributed by atoms with Crippen LogP contribution in [0.25, 0.3) is 21.9 Å². The van der Waals surface area contributed by atoms with E-state index in [0.29, 0.717) is 6.42 Å². The predicted molar refractivity (Wildman–Crippen MR) is 117 cm³/mol. The van der Waals surface area contributed by atoms with E-state index in [4.69, 9.17) is 11.6 Å². The maximum atomic E-state index is 12.7. The highest BCUT2D eigenvalue weighted by Gasteiger charge is 2.56. The number of Topliss-reactive ketones (excluding diaryl/α,β-unsaturated/α-hetero) is 1. The van der Waals surface area contributed by atoms with Gasteiger partial charge < -0.3 is 4.85 Å². The lowest BCUT2D eigenvalue weighted by Gasteiger charge is -2.46. The minimum Gasteiger partial charge on any atom is -0.305 e. The summed E-state index contributed by atoms with van der Waals surface area (Å²) in [5.74, 6) is 1.19. The minimum atomic E-state index is -0.561. The largest absolute Gasteiger partial charge is 0.305 e. The Bertz CT molecular complexity index is 1140. The molecule has 2 aromatic carbocycles. The van der Waals surface area contributed by atoms with Crippen LogP contribution in [0.5, 0.6) is 0 Å². The number of carbonyl (C=O) groups excluding carboxylic acids is 1. The van der Waals surface area contributed by atoms with E-state index in [0.717, 1.165) is 35.6 Å². The van der Waals surface area contributed by atoms with Crippen molar-refractivity contribution >= 4 is 5.78 Å². The first-order chi connectivity index (χ1) is 14.5. The molecule has 0 N–H and O–H groups in total. The third kappa shape index (κ3) is 2.65. The lowest BCUT2D eigenvalue weighted by Crippen LogP contribution is -2.51. The maximum absolute atomic E-state index is 12.7. The molecule has 4 atom stereocenters. The fourth-order valence-corrected chi connectivity index (χ4v) is 5.73. The SMILES string of the molecule is [C-]#[N+]C1C[C@]2(C)c3nc(-c4ccccc4)n(-c4ccccc4)c3CC[C@H]2[C@H](C)C1=O. The average Bonchev–Trinajstić information content (AvgIpc) is 3.18. The molecule has 0 bridgehead atoms. The number of imidazole rings is 1. The third-order valence-corrected chi connectivity index (χ3v) is 7.22. The van der Waals surface area contributed by atoms with Crippen molar-refractivity contribution in [2.75, 3.05) is 0 Å². The van der Waals surface area contributed by atoms with Gasteiger partial charge in [0, 0.05) is 34.7 Å². The molecule has 30 heavy (non-hydrogen) atoms. The second-order valence-corrected chi connectivity index (χ2v) is 8.87. The summed E-state index contributed by atoms with van der Waals surface area (Å²) in [4.78, 5) is 21.7. The van der Waals surface area contributed by atoms with Crippen molar-refractivity contribution in [1.82, 2.24) is 9.55 Å². The van der Waals surface area contributed by atoms with Gasteiger partial charge in [-0.05, 0) is 30.9 Å². The molecule has 0 radical (unpaired) electrons. The van der Waals surface area contributed by atoms with Crippen LogP contribution >= 0.6 is 0 Å². The Morgan fingerprint density at radius 1 is 1.10 bits per heavy atom. The van der Waals surface area contributed by atoms with Gasteiger partial charge in [-0.2, -0.15) is 0 Å². The number of nitrogens with zero attached hydrogens (tertiary/aromatic N) is 3. The van der Waals surface area contributed by atoms with Gasteiger partial charge in [0.25, 0.3) is 6.04 Å². The Kier molecular flexibility index (Phi) is 4.36. The normalized spacial score (nSPS) is 27.8. The van der Waals surface area contributed by atoms with E-state index in [1.807, 2.05) is 31.2 Å². The zero-order valence-corrected chi connectivity index (χ0v) is 17.4. The molecule has 150 valence electrons. The van der Waals surface area contributed by atoms with Crippen LogP contribution in [0, 0.1) is 18.4 Å². The van der Waals surface area contributed by atoms with Crippen molar-refractivity contribution in [3.8, 4) is 17.1 Å². The third-order valence-electron chi connectivity index (χ3n) is 7.22. The molecule has 1 fully saturated rings. The molecule has 4 nitrogen and oxygen atoms in total. The van der Waals surface area contributed by atoms with Crippen molar-refractivity contribution in [1.29, 1.82) is 0 Å². The Morgan fingerprint density at radius 2 is 1.77 bits per heavy atom. The molecule has 4 heteroatoms. The molecule has 2 aliphatic rings. The molecular formula is C26H25N3O. The van der Waals surface area contributed by atoms with Gasteiger partial charge in [-0.15, -0.1) is 0 Å². The Labute approximate surface area is 177 Å². The molecule has 0 amide bonds. The fraction of sp³-hybridized carbons (Fsp3) is 0.346. The summed E-state index contributed by atoms with van der Waals surface area (Å²) in [6, 6.07) is 20.1. The second-order valence-electron chi connectivity index (χ2n) is 8.87. The first-order valence-corrected chi connectivity index (χ1v) is 10.7. The number of para-hydroxylation sites is 1. The van der Waals surface area contributed by atoms with Crippen molar-refractivity contribution in [2.24, 2.45) is 11.8 Å². The van der Waals surface area contributed by atoms with Crippen LogP contribution in [0.3, 0.4) is 0 Å². The Morgan fingerprint density at radius 3 is 2.43 bits per heavy atom. The lowest BCUT2D eigenvalue weighted by atomic mass is 9.56. The molecule has 0 spiro atoms. The van der Waals surface area contributed by atoms with Crippen LogP contribution in [-0.4, -0.2) is 21.4 Å². The predicted octanol–water partition coefficient (Wildman–Crippen LogP) is 5.26. The van der Waals surface area contributed by atoms with E-state index in [1.165, 1.54) is 5.69 Å². The van der Waals surface area contributed by atoms with E-state index in [2.05, 4.69) is 52.7 Å². The van der Waals surface area contributed by atoms with Crippen molar-refractivity contribution in [2.45, 2.75) is 44.6 Å². The van der Waals surface area contributed by atoms with E-state index >= 15 is 0 Å². The zero-order chi connectivity index (χ0) is 20.9. The summed E-state index contributed by atoms with van der Waals surface area (Å²) < 4.78 is 2.29. The monoisotopic (exact) mass is 395 g/mol. The lowest BCUT2D eigenvalue weighted by molar-refractivity contribution is -0.129. The van der Waals surface area contributed by atoms with Crippen molar-refractivity contribution < 1.29 is 4.79 Å². The van der Waals surface area contributed by atoms with Crippen LogP contribution in [-0.2, 0) is 16.6 Å². The average molecular weight is 396 g/mol. The molecule has 0 saturated heterocycles. The molecule has 1 heterocycles. The highest BCUT2D eigenvalue weighted by molar-refractivity contribution is 5.89. The summed E-state index contributed by atoms with van der Waals surface area (Å²) in [5, 5.41) is 0. The molecule has 1 saturated carbocycles. The second kappa shape index (κ2) is 6.95. The molecule has 3 aromatic rings. The van der Waals surface area contributed by atoms with Gasteiger partial charge in [0.2, 0.25) is 5.78 Å². The molecule has 1 aromatic heterocycles. The number of ketones is 1. The number of aromatic nitrogens is 2. The van der Waals surface area contributed by atoms with Gasteiger partial charge in [0.1, 0.15) is 5.82 Å². The highest BCUT2D eigenvalue weighted by atomic mass is 16.1. The first kappa shape index (κ1) is 18.8. The molecule has 5 rings (SSSR count). The minimum absolute atomic E-state index is 0.0990. The van der Waals surface area contributed by atoms with Gasteiger partial charge in [0.15, 0.2) is 0 Å². The van der Waals surface area contributed by atoms with Crippen molar-refractivity contribution in [3.05, 3.63) is 83.5 Å². The topological polar surface area (TPSA) is 39.2 Å². The van der Waals surface area contributed by atoms with Crippen LogP contribution in [0.4, 0.5) is 0 Å². The van der Waals surface area contributed by atoms with E-state index in [1.54, 1.807) is 0 Å². The number of hydrogen-bond donors (Lipinski definition) is 0. The van der Waals surface area contributed by atoms with Gasteiger partial charge >= 0.3 is 0 Å². The standard InChI is InChI=1S/C26H25N3O/c1-17-20-14-15-22-24(26(20,2)16-21(27-3)23(17)30)28-25(18-10-6-4-7-11-18)29(22)19-12-8-5-9-13-19/h4-13,17,20-21H,14-16H2,1-2H3/t17-,20-,21?,26-/m0/s1. The van der Waals surface area contributed by atoms with Crippen LogP contribution in [0.1, 0.15) is 38.1 Å². The summed E-state index contributed by atoms with van der Waals surface area (Å²) >= 11 is 0. The van der Waals surface area contributed by atoms with Gasteiger partial charge in [-0.25, -0.2) is 11.6 Å². The number of fused-ring (bicyclic) bond motifs is 3. The zero-order valence-electron chi connectivity index (χ0n) is 17.4. The van der Waals surface area contributed by atoms with Gasteiger partial charge in [-0.1, -0.05) is 62.4 Å². The quantitative estimate of drug-likeness (QED) is 0.556. The van der Waals surface area contributed by atoms with Crippen LogP contribution in [0.2, 0.25) is 0 Å². The van der Waals surface area contributed by atoms with Crippen LogP contribution < -0.4 is 0 Å². The van der Waals surface area contributed by atoms with E-state index in [-0.39, 0.29) is 23.0 Å². The molecule has 1 unspecified atom stereocenters. The van der Waals surface area contributed by atoms with E-state index < -0.39 is 6.04 Å². The molecule has 2 aliphatic carbocycles. The van der Waals surface area contributed by atoms with E-state index in [9.17, 15) is 4.79 Å². The molecular weight excluding hydrogens is 370 g/mol. The number of benzene rings is 2. The molecule has 0 aliphatic heterocycles.